The van der Waals surface area contributed by atoms with Crippen LogP contribution in [0.4, 0.5) is 5.69 Å². The monoisotopic (exact) mass is 461 g/mol. The van der Waals surface area contributed by atoms with E-state index < -0.39 is 0 Å². The summed E-state index contributed by atoms with van der Waals surface area (Å²) in [5, 5.41) is 9.82. The van der Waals surface area contributed by atoms with Gasteiger partial charge in [-0.1, -0.05) is 24.2 Å². The normalized spacial score (nSPS) is 13.1. The lowest BCUT2D eigenvalue weighted by molar-refractivity contribution is -0.124. The fraction of sp³-hybridized carbons (Fsp3) is 0.240. The number of H-pyrrole nitrogens is 1. The van der Waals surface area contributed by atoms with Crippen molar-refractivity contribution < 1.29 is 9.53 Å². The number of carbonyl (C=O) groups is 1. The molecule has 0 bridgehead atoms. The largest absolute Gasteiger partial charge is 0.488 e. The SMILES string of the molecule is C=CC(=O)N(C)CCN1CCOc2cnc3cc(-c4c(C)ccc5[nH]ncc45)c(Cl)cc3c21. The van der Waals surface area contributed by atoms with Gasteiger partial charge in [0.2, 0.25) is 5.91 Å². The minimum Gasteiger partial charge on any atom is -0.488 e. The van der Waals surface area contributed by atoms with Gasteiger partial charge in [0.05, 0.1) is 35.7 Å². The molecular weight excluding hydrogens is 438 g/mol. The molecule has 8 heteroatoms. The minimum absolute atomic E-state index is 0.0976. The van der Waals surface area contributed by atoms with Gasteiger partial charge in [0.25, 0.3) is 0 Å². The highest BCUT2D eigenvalue weighted by Gasteiger charge is 2.24. The summed E-state index contributed by atoms with van der Waals surface area (Å²) in [6, 6.07) is 8.09. The van der Waals surface area contributed by atoms with E-state index in [4.69, 9.17) is 16.3 Å². The van der Waals surface area contributed by atoms with Crippen LogP contribution in [0.1, 0.15) is 5.56 Å². The Kier molecular flexibility index (Phi) is 5.42. The van der Waals surface area contributed by atoms with E-state index in [0.717, 1.165) is 56.5 Å². The zero-order valence-corrected chi connectivity index (χ0v) is 19.3. The lowest BCUT2D eigenvalue weighted by atomic mass is 9.95. The lowest BCUT2D eigenvalue weighted by Crippen LogP contribution is -2.39. The van der Waals surface area contributed by atoms with Crippen LogP contribution in [0.3, 0.4) is 0 Å². The smallest absolute Gasteiger partial charge is 0.245 e. The third kappa shape index (κ3) is 3.68. The van der Waals surface area contributed by atoms with Gasteiger partial charge in [0.1, 0.15) is 6.61 Å². The maximum atomic E-state index is 11.9. The number of aryl methyl sites for hydroxylation is 1. The highest BCUT2D eigenvalue weighted by molar-refractivity contribution is 6.35. The molecule has 5 rings (SSSR count). The Hall–Kier alpha value is -3.58. The first kappa shape index (κ1) is 21.3. The van der Waals surface area contributed by atoms with Gasteiger partial charge in [-0.3, -0.25) is 14.9 Å². The van der Waals surface area contributed by atoms with Gasteiger partial charge >= 0.3 is 0 Å². The molecule has 2 aromatic carbocycles. The number of ether oxygens (including phenoxy) is 1. The summed E-state index contributed by atoms with van der Waals surface area (Å²) in [4.78, 5) is 20.5. The highest BCUT2D eigenvalue weighted by atomic mass is 35.5. The van der Waals surface area contributed by atoms with E-state index in [9.17, 15) is 4.79 Å². The van der Waals surface area contributed by atoms with Gasteiger partial charge in [-0.2, -0.15) is 5.10 Å². The quantitative estimate of drug-likeness (QED) is 0.440. The topological polar surface area (TPSA) is 74.3 Å². The predicted octanol–water partition coefficient (Wildman–Crippen LogP) is 4.58. The number of nitrogens with zero attached hydrogens (tertiary/aromatic N) is 4. The molecule has 0 unspecified atom stereocenters. The molecule has 2 aromatic heterocycles. The molecule has 0 fully saturated rings. The Bertz CT molecular complexity index is 1400. The number of anilines is 1. The first-order valence-corrected chi connectivity index (χ1v) is 11.2. The molecular formula is C25H24ClN5O2. The third-order valence-corrected chi connectivity index (χ3v) is 6.50. The van der Waals surface area contributed by atoms with Crippen molar-refractivity contribution in [2.45, 2.75) is 6.92 Å². The number of likely N-dealkylation sites (N-methyl/N-ethyl adjacent to an activating group) is 1. The Morgan fingerprint density at radius 3 is 3.00 bits per heavy atom. The molecule has 0 saturated heterocycles. The van der Waals surface area contributed by atoms with Gasteiger partial charge in [0, 0.05) is 41.5 Å². The molecule has 0 aliphatic carbocycles. The molecule has 168 valence electrons. The van der Waals surface area contributed by atoms with Crippen LogP contribution in [0, 0.1) is 6.92 Å². The first-order valence-electron chi connectivity index (χ1n) is 10.8. The van der Waals surface area contributed by atoms with Crippen molar-refractivity contribution in [1.82, 2.24) is 20.1 Å². The number of hydrogen-bond donors (Lipinski definition) is 1. The number of aromatic nitrogens is 3. The van der Waals surface area contributed by atoms with Crippen molar-refractivity contribution in [2.75, 3.05) is 38.2 Å². The van der Waals surface area contributed by atoms with E-state index in [1.807, 2.05) is 24.4 Å². The van der Waals surface area contributed by atoms with E-state index in [0.29, 0.717) is 24.7 Å². The number of hydrogen-bond acceptors (Lipinski definition) is 5. The summed E-state index contributed by atoms with van der Waals surface area (Å²) in [5.74, 6) is 0.628. The van der Waals surface area contributed by atoms with E-state index >= 15 is 0 Å². The Morgan fingerprint density at radius 2 is 2.18 bits per heavy atom. The fourth-order valence-corrected chi connectivity index (χ4v) is 4.68. The molecule has 0 radical (unpaired) electrons. The van der Waals surface area contributed by atoms with E-state index in [1.165, 1.54) is 6.08 Å². The van der Waals surface area contributed by atoms with Gasteiger partial charge in [-0.05, 0) is 42.3 Å². The summed E-state index contributed by atoms with van der Waals surface area (Å²) < 4.78 is 5.90. The molecule has 0 saturated carbocycles. The summed E-state index contributed by atoms with van der Waals surface area (Å²) in [6.07, 6.45) is 4.93. The van der Waals surface area contributed by atoms with Crippen molar-refractivity contribution in [3.8, 4) is 16.9 Å². The molecule has 4 aromatic rings. The van der Waals surface area contributed by atoms with E-state index in [1.54, 1.807) is 18.1 Å². The summed E-state index contributed by atoms with van der Waals surface area (Å²) >= 11 is 6.87. The lowest BCUT2D eigenvalue weighted by Gasteiger charge is -2.33. The van der Waals surface area contributed by atoms with Crippen molar-refractivity contribution >= 4 is 45.0 Å². The van der Waals surface area contributed by atoms with Crippen LogP contribution >= 0.6 is 11.6 Å². The second-order valence-corrected chi connectivity index (χ2v) is 8.62. The van der Waals surface area contributed by atoms with Crippen molar-refractivity contribution in [3.63, 3.8) is 0 Å². The Balaban J connectivity index is 1.60. The van der Waals surface area contributed by atoms with Crippen LogP contribution < -0.4 is 9.64 Å². The van der Waals surface area contributed by atoms with Crippen LogP contribution in [0.2, 0.25) is 5.02 Å². The number of amides is 1. The van der Waals surface area contributed by atoms with Gasteiger partial charge < -0.3 is 14.5 Å². The molecule has 7 nitrogen and oxygen atoms in total. The Labute approximate surface area is 196 Å². The van der Waals surface area contributed by atoms with E-state index in [-0.39, 0.29) is 5.91 Å². The van der Waals surface area contributed by atoms with Crippen LogP contribution in [-0.2, 0) is 4.79 Å². The average molecular weight is 462 g/mol. The van der Waals surface area contributed by atoms with Crippen LogP contribution in [0.25, 0.3) is 32.9 Å². The van der Waals surface area contributed by atoms with Crippen molar-refractivity contribution in [2.24, 2.45) is 0 Å². The maximum absolute atomic E-state index is 11.9. The molecule has 1 amide bonds. The molecule has 1 aliphatic heterocycles. The maximum Gasteiger partial charge on any atom is 0.245 e. The van der Waals surface area contributed by atoms with Crippen LogP contribution in [0.15, 0.2) is 49.3 Å². The number of fused-ring (bicyclic) bond motifs is 4. The number of aromatic amines is 1. The summed E-state index contributed by atoms with van der Waals surface area (Å²) in [5.41, 5.74) is 5.83. The average Bonchev–Trinajstić information content (AvgIpc) is 3.30. The number of rotatable bonds is 5. The first-order chi connectivity index (χ1) is 16.0. The molecule has 0 atom stereocenters. The highest BCUT2D eigenvalue weighted by Crippen LogP contribution is 2.43. The molecule has 0 spiro atoms. The third-order valence-electron chi connectivity index (χ3n) is 6.19. The minimum atomic E-state index is -0.0976. The zero-order valence-electron chi connectivity index (χ0n) is 18.6. The number of benzene rings is 2. The number of halogens is 1. The molecule has 3 heterocycles. The number of pyridine rings is 1. The second kappa shape index (κ2) is 8.41. The molecule has 1 N–H and O–H groups in total. The van der Waals surface area contributed by atoms with Gasteiger partial charge in [-0.15, -0.1) is 0 Å². The van der Waals surface area contributed by atoms with Crippen LogP contribution in [-0.4, -0.2) is 59.3 Å². The van der Waals surface area contributed by atoms with Crippen LogP contribution in [0.5, 0.6) is 5.75 Å². The molecule has 33 heavy (non-hydrogen) atoms. The zero-order chi connectivity index (χ0) is 23.1. The van der Waals surface area contributed by atoms with Crippen molar-refractivity contribution in [3.05, 3.63) is 59.9 Å². The standard InChI is InChI=1S/C25H24ClN5O2/c1-4-23(32)30(3)7-8-31-9-10-33-22-14-27-21-12-16(19(26)11-17(21)25(22)31)24-15(2)5-6-20-18(24)13-28-29-20/h4-6,11-14H,1,7-10H2,2-3H3,(H,28,29). The van der Waals surface area contributed by atoms with E-state index in [2.05, 4.69) is 39.7 Å². The predicted molar refractivity (Wildman–Crippen MR) is 132 cm³/mol. The number of carbonyl (C=O) groups excluding carboxylic acids is 1. The summed E-state index contributed by atoms with van der Waals surface area (Å²) in [6.45, 7) is 8.15. The molecule has 1 aliphatic rings. The Morgan fingerprint density at radius 1 is 1.33 bits per heavy atom. The van der Waals surface area contributed by atoms with Crippen molar-refractivity contribution in [1.29, 1.82) is 0 Å². The summed E-state index contributed by atoms with van der Waals surface area (Å²) in [7, 11) is 1.78. The fourth-order valence-electron chi connectivity index (χ4n) is 4.43. The second-order valence-electron chi connectivity index (χ2n) is 8.21. The van der Waals surface area contributed by atoms with Gasteiger partial charge in [-0.25, -0.2) is 0 Å². The van der Waals surface area contributed by atoms with Gasteiger partial charge in [0.15, 0.2) is 5.75 Å². The number of nitrogens with one attached hydrogen (secondary N) is 1.